The third kappa shape index (κ3) is 1.43. The molecule has 0 amide bonds. The molecule has 0 saturated carbocycles. The van der Waals surface area contributed by atoms with Gasteiger partial charge in [0.2, 0.25) is 0 Å². The second kappa shape index (κ2) is 3.05. The van der Waals surface area contributed by atoms with Crippen LogP contribution in [0.15, 0.2) is 33.7 Å². The monoisotopic (exact) mass is 214 g/mol. The zero-order chi connectivity index (χ0) is 9.42. The highest BCUT2D eigenvalue weighted by Crippen LogP contribution is 2.25. The van der Waals surface area contributed by atoms with E-state index in [0.29, 0.717) is 21.0 Å². The largest absolute Gasteiger partial charge is 0.463 e. The molecule has 0 unspecified atom stereocenters. The molecule has 2 rings (SSSR count). The summed E-state index contributed by atoms with van der Waals surface area (Å²) in [5.74, 6) is 0. The van der Waals surface area contributed by atoms with Gasteiger partial charge in [0, 0.05) is 11.1 Å². The first-order valence-electron chi connectivity index (χ1n) is 3.55. The van der Waals surface area contributed by atoms with Crippen molar-refractivity contribution >= 4 is 34.2 Å². The van der Waals surface area contributed by atoms with Crippen molar-refractivity contribution in [3.05, 3.63) is 44.7 Å². The maximum atomic E-state index is 11.3. The Morgan fingerprint density at radius 3 is 2.77 bits per heavy atom. The second-order valence-corrected chi connectivity index (χ2v) is 3.39. The molecule has 0 atom stereocenters. The Hall–Kier alpha value is -0.990. The molecule has 0 spiro atoms. The van der Waals surface area contributed by atoms with E-state index in [-0.39, 0.29) is 5.43 Å². The molecule has 1 heterocycles. The van der Waals surface area contributed by atoms with E-state index in [1.165, 1.54) is 24.5 Å². The standard InChI is InChI=1S/C9H4Cl2O2/c10-5-3-6-8(12)1-2-13-9(6)7(11)4-5/h1-4H. The lowest BCUT2D eigenvalue weighted by Crippen LogP contribution is -1.97. The summed E-state index contributed by atoms with van der Waals surface area (Å²) >= 11 is 11.5. The molecule has 2 nitrogen and oxygen atoms in total. The van der Waals surface area contributed by atoms with Crippen molar-refractivity contribution in [2.75, 3.05) is 0 Å². The van der Waals surface area contributed by atoms with Crippen LogP contribution < -0.4 is 5.43 Å². The first kappa shape index (κ1) is 8.60. The van der Waals surface area contributed by atoms with Gasteiger partial charge in [0.05, 0.1) is 16.7 Å². The molecule has 1 aromatic carbocycles. The lowest BCUT2D eigenvalue weighted by atomic mass is 10.2. The van der Waals surface area contributed by atoms with Crippen LogP contribution in [0.3, 0.4) is 0 Å². The van der Waals surface area contributed by atoms with Gasteiger partial charge in [0.1, 0.15) is 0 Å². The van der Waals surface area contributed by atoms with E-state index in [1.54, 1.807) is 0 Å². The Bertz CT molecular complexity index is 516. The lowest BCUT2D eigenvalue weighted by molar-refractivity contribution is 0.602. The Morgan fingerprint density at radius 1 is 1.23 bits per heavy atom. The van der Waals surface area contributed by atoms with Gasteiger partial charge < -0.3 is 4.42 Å². The molecule has 1 aromatic heterocycles. The number of hydrogen-bond donors (Lipinski definition) is 0. The molecule has 0 fully saturated rings. The Kier molecular flexibility index (Phi) is 2.02. The third-order valence-corrected chi connectivity index (χ3v) is 2.18. The van der Waals surface area contributed by atoms with Gasteiger partial charge in [-0.05, 0) is 12.1 Å². The summed E-state index contributed by atoms with van der Waals surface area (Å²) in [6.07, 6.45) is 1.31. The van der Waals surface area contributed by atoms with Crippen LogP contribution in [0.25, 0.3) is 11.0 Å². The molecule has 0 radical (unpaired) electrons. The summed E-state index contributed by atoms with van der Waals surface area (Å²) in [5, 5.41) is 1.18. The molecule has 4 heteroatoms. The van der Waals surface area contributed by atoms with Crippen molar-refractivity contribution in [2.24, 2.45) is 0 Å². The SMILES string of the molecule is O=c1ccoc2c(Cl)cc(Cl)cc12. The number of fused-ring (bicyclic) bond motifs is 1. The average Bonchev–Trinajstić information content (AvgIpc) is 2.07. The molecule has 0 saturated heterocycles. The van der Waals surface area contributed by atoms with Crippen molar-refractivity contribution in [3.8, 4) is 0 Å². The zero-order valence-corrected chi connectivity index (χ0v) is 7.89. The quantitative estimate of drug-likeness (QED) is 0.675. The highest BCUT2D eigenvalue weighted by atomic mass is 35.5. The molecule has 13 heavy (non-hydrogen) atoms. The summed E-state index contributed by atoms with van der Waals surface area (Å²) in [5.41, 5.74) is 0.226. The van der Waals surface area contributed by atoms with Gasteiger partial charge in [0.25, 0.3) is 0 Å². The normalized spacial score (nSPS) is 10.6. The van der Waals surface area contributed by atoms with Gasteiger partial charge in [-0.2, -0.15) is 0 Å². The summed E-state index contributed by atoms with van der Waals surface area (Å²) in [4.78, 5) is 11.3. The number of rotatable bonds is 0. The minimum absolute atomic E-state index is 0.148. The summed E-state index contributed by atoms with van der Waals surface area (Å²) in [6, 6.07) is 4.40. The van der Waals surface area contributed by atoms with E-state index in [1.807, 2.05) is 0 Å². The molecule has 66 valence electrons. The Balaban J connectivity index is 3.03. The number of hydrogen-bond acceptors (Lipinski definition) is 2. The van der Waals surface area contributed by atoms with Crippen LogP contribution in [0, 0.1) is 0 Å². The maximum absolute atomic E-state index is 11.3. The topological polar surface area (TPSA) is 30.2 Å². The predicted molar refractivity (Wildman–Crippen MR) is 52.5 cm³/mol. The Morgan fingerprint density at radius 2 is 2.00 bits per heavy atom. The zero-order valence-electron chi connectivity index (χ0n) is 6.38. The molecular weight excluding hydrogens is 211 g/mol. The summed E-state index contributed by atoms with van der Waals surface area (Å²) in [7, 11) is 0. The lowest BCUT2D eigenvalue weighted by Gasteiger charge is -1.98. The van der Waals surface area contributed by atoms with Gasteiger partial charge >= 0.3 is 0 Å². The smallest absolute Gasteiger partial charge is 0.192 e. The van der Waals surface area contributed by atoms with Crippen molar-refractivity contribution in [3.63, 3.8) is 0 Å². The number of benzene rings is 1. The highest BCUT2D eigenvalue weighted by molar-refractivity contribution is 6.38. The summed E-state index contributed by atoms with van der Waals surface area (Å²) in [6.45, 7) is 0. The van der Waals surface area contributed by atoms with Crippen LogP contribution >= 0.6 is 23.2 Å². The molecule has 0 aliphatic rings. The van der Waals surface area contributed by atoms with E-state index in [0.717, 1.165) is 0 Å². The average molecular weight is 215 g/mol. The van der Waals surface area contributed by atoms with E-state index in [4.69, 9.17) is 27.6 Å². The van der Waals surface area contributed by atoms with Crippen LogP contribution in [-0.4, -0.2) is 0 Å². The van der Waals surface area contributed by atoms with E-state index < -0.39 is 0 Å². The second-order valence-electron chi connectivity index (χ2n) is 2.55. The molecule has 0 aliphatic carbocycles. The minimum Gasteiger partial charge on any atom is -0.463 e. The molecular formula is C9H4Cl2O2. The molecule has 0 aliphatic heterocycles. The molecule has 0 N–H and O–H groups in total. The van der Waals surface area contributed by atoms with Crippen LogP contribution in [0.1, 0.15) is 0 Å². The molecule has 0 bridgehead atoms. The number of halogens is 2. The van der Waals surface area contributed by atoms with Crippen molar-refractivity contribution in [1.82, 2.24) is 0 Å². The van der Waals surface area contributed by atoms with Gasteiger partial charge in [-0.1, -0.05) is 23.2 Å². The van der Waals surface area contributed by atoms with E-state index >= 15 is 0 Å². The first-order valence-corrected chi connectivity index (χ1v) is 4.30. The Labute approximate surface area is 83.7 Å². The van der Waals surface area contributed by atoms with Gasteiger partial charge in [-0.25, -0.2) is 0 Å². The highest BCUT2D eigenvalue weighted by Gasteiger charge is 2.05. The van der Waals surface area contributed by atoms with Crippen molar-refractivity contribution < 1.29 is 4.42 Å². The first-order chi connectivity index (χ1) is 6.18. The fraction of sp³-hybridized carbons (Fsp3) is 0. The van der Waals surface area contributed by atoms with Gasteiger partial charge in [-0.15, -0.1) is 0 Å². The minimum atomic E-state index is -0.148. The van der Waals surface area contributed by atoms with Crippen molar-refractivity contribution in [1.29, 1.82) is 0 Å². The maximum Gasteiger partial charge on any atom is 0.192 e. The molecule has 2 aromatic rings. The fourth-order valence-corrected chi connectivity index (χ4v) is 1.65. The van der Waals surface area contributed by atoms with E-state index in [9.17, 15) is 4.79 Å². The van der Waals surface area contributed by atoms with Crippen LogP contribution in [0.2, 0.25) is 10.0 Å². The van der Waals surface area contributed by atoms with Crippen LogP contribution in [0.4, 0.5) is 0 Å². The summed E-state index contributed by atoms with van der Waals surface area (Å²) < 4.78 is 5.09. The van der Waals surface area contributed by atoms with Crippen molar-refractivity contribution in [2.45, 2.75) is 0 Å². The fourth-order valence-electron chi connectivity index (χ4n) is 1.12. The van der Waals surface area contributed by atoms with Gasteiger partial charge in [0.15, 0.2) is 11.0 Å². The predicted octanol–water partition coefficient (Wildman–Crippen LogP) is 3.10. The van der Waals surface area contributed by atoms with Gasteiger partial charge in [-0.3, -0.25) is 4.79 Å². The van der Waals surface area contributed by atoms with E-state index in [2.05, 4.69) is 0 Å². The third-order valence-electron chi connectivity index (χ3n) is 1.68. The van der Waals surface area contributed by atoms with Crippen LogP contribution in [-0.2, 0) is 0 Å². The van der Waals surface area contributed by atoms with Crippen LogP contribution in [0.5, 0.6) is 0 Å².